The van der Waals surface area contributed by atoms with E-state index in [4.69, 9.17) is 0 Å². The molecule has 0 fully saturated rings. The number of rotatable bonds is 7. The van der Waals surface area contributed by atoms with Crippen LogP contribution in [0, 0.1) is 0 Å². The number of hydrogen-bond acceptors (Lipinski definition) is 5. The third-order valence-corrected chi connectivity index (χ3v) is 7.52. The van der Waals surface area contributed by atoms with E-state index in [9.17, 15) is 0 Å². The summed E-state index contributed by atoms with van der Waals surface area (Å²) < 4.78 is 0. The predicted molar refractivity (Wildman–Crippen MR) is 172 cm³/mol. The Labute approximate surface area is 242 Å². The fraction of sp³-hybridized carbons (Fsp3) is 0.0882. The first-order valence-corrected chi connectivity index (χ1v) is 14.6. The second kappa shape index (κ2) is 11.6. The Bertz CT molecular complexity index is 1930. The van der Waals surface area contributed by atoms with E-state index in [0.29, 0.717) is 0 Å². The van der Waals surface area contributed by atoms with Crippen molar-refractivity contribution in [3.63, 3.8) is 0 Å². The lowest BCUT2D eigenvalue weighted by Gasteiger charge is -2.11. The summed E-state index contributed by atoms with van der Waals surface area (Å²) in [4.78, 5) is 12.5. The molecule has 0 aliphatic heterocycles. The molecule has 7 rings (SSSR count). The lowest BCUT2D eigenvalue weighted by Crippen LogP contribution is -2.02. The number of aromatic nitrogens is 5. The van der Waals surface area contributed by atoms with Crippen molar-refractivity contribution in [1.29, 1.82) is 0 Å². The van der Waals surface area contributed by atoms with Crippen molar-refractivity contribution in [2.75, 3.05) is 5.32 Å². The normalized spacial score (nSPS) is 10.9. The van der Waals surface area contributed by atoms with E-state index in [2.05, 4.69) is 102 Å². The van der Waals surface area contributed by atoms with Crippen LogP contribution in [-0.2, 0) is 6.42 Å². The first-order chi connectivity index (χ1) is 20.2. The number of H-pyrrole nitrogens is 2. The minimum Gasteiger partial charge on any atom is -0.358 e. The average molecular weight is 555 g/mol. The van der Waals surface area contributed by atoms with Crippen LogP contribution >= 0.6 is 11.3 Å². The number of allylic oxidation sites excluding steroid dienone is 1. The molecule has 3 N–H and O–H groups in total. The molecule has 0 saturated carbocycles. The lowest BCUT2D eigenvalue weighted by atomic mass is 10.0. The number of pyridine rings is 2. The highest BCUT2D eigenvalue weighted by Gasteiger charge is 2.15. The molecule has 0 aliphatic rings. The van der Waals surface area contributed by atoms with Crippen molar-refractivity contribution in [3.05, 3.63) is 120 Å². The molecular weight excluding hydrogens is 524 g/mol. The fourth-order valence-corrected chi connectivity index (χ4v) is 5.64. The third kappa shape index (κ3) is 5.40. The molecule has 0 unspecified atom stereocenters. The standard InChI is InChI=1S/C32H24N6S.C2H6/c1-20(13-21-5-3-2-4-6-21)35-25-14-24(17-33-18-25)22-7-8-29-28(15-22)31(38-37-29)30-16-27-26(23-10-12-39-19-23)9-11-34-32(27)36-30;1-2/h2-12,14-19,35H,1,13H2,(H,34,36)(H,37,38);1-2H3. The van der Waals surface area contributed by atoms with Crippen molar-refractivity contribution >= 4 is 39.0 Å². The van der Waals surface area contributed by atoms with E-state index in [-0.39, 0.29) is 0 Å². The summed E-state index contributed by atoms with van der Waals surface area (Å²) in [6.45, 7) is 8.21. The quantitative estimate of drug-likeness (QED) is 0.183. The van der Waals surface area contributed by atoms with E-state index in [1.54, 1.807) is 11.3 Å². The summed E-state index contributed by atoms with van der Waals surface area (Å²) in [5.74, 6) is 0. The number of nitrogens with one attached hydrogen (secondary N) is 3. The number of nitrogens with zero attached hydrogens (tertiary/aromatic N) is 3. The van der Waals surface area contributed by atoms with Crippen LogP contribution in [0.25, 0.3) is 55.6 Å². The number of hydrogen-bond donors (Lipinski definition) is 3. The van der Waals surface area contributed by atoms with Gasteiger partial charge in [0.2, 0.25) is 0 Å². The van der Waals surface area contributed by atoms with Gasteiger partial charge in [-0.1, -0.05) is 56.8 Å². The minimum absolute atomic E-state index is 0.753. The summed E-state index contributed by atoms with van der Waals surface area (Å²) in [7, 11) is 0. The zero-order valence-corrected chi connectivity index (χ0v) is 23.8. The predicted octanol–water partition coefficient (Wildman–Crippen LogP) is 9.09. The molecule has 5 aromatic heterocycles. The van der Waals surface area contributed by atoms with Crippen LogP contribution in [0.3, 0.4) is 0 Å². The molecule has 202 valence electrons. The van der Waals surface area contributed by atoms with Gasteiger partial charge in [-0.05, 0) is 69.4 Å². The molecule has 0 aliphatic carbocycles. The Balaban J connectivity index is 0.00000148. The lowest BCUT2D eigenvalue weighted by molar-refractivity contribution is 1.12. The molecule has 0 amide bonds. The number of anilines is 1. The maximum Gasteiger partial charge on any atom is 0.138 e. The monoisotopic (exact) mass is 554 g/mol. The SMILES string of the molecule is C=C(Cc1ccccc1)Nc1cncc(-c2ccc3[nH]nc(-c4cc5c(-c6ccsc6)ccnc5[nH]4)c3c2)c1.CC. The van der Waals surface area contributed by atoms with Crippen molar-refractivity contribution in [2.24, 2.45) is 0 Å². The summed E-state index contributed by atoms with van der Waals surface area (Å²) in [5.41, 5.74) is 11.1. The van der Waals surface area contributed by atoms with Crippen LogP contribution in [0.15, 0.2) is 114 Å². The van der Waals surface area contributed by atoms with Crippen LogP contribution < -0.4 is 5.32 Å². The number of benzene rings is 2. The molecule has 0 atom stereocenters. The van der Waals surface area contributed by atoms with Crippen LogP contribution in [0.4, 0.5) is 5.69 Å². The summed E-state index contributed by atoms with van der Waals surface area (Å²) >= 11 is 1.69. The second-order valence-electron chi connectivity index (χ2n) is 9.50. The highest BCUT2D eigenvalue weighted by Crippen LogP contribution is 2.35. The van der Waals surface area contributed by atoms with Gasteiger partial charge in [0.1, 0.15) is 11.3 Å². The van der Waals surface area contributed by atoms with Gasteiger partial charge in [0.25, 0.3) is 0 Å². The smallest absolute Gasteiger partial charge is 0.138 e. The molecule has 0 saturated heterocycles. The van der Waals surface area contributed by atoms with Gasteiger partial charge in [-0.3, -0.25) is 10.1 Å². The number of aromatic amines is 2. The molecule has 7 aromatic rings. The highest BCUT2D eigenvalue weighted by atomic mass is 32.1. The summed E-state index contributed by atoms with van der Waals surface area (Å²) in [6, 6.07) is 25.1. The molecule has 6 nitrogen and oxygen atoms in total. The third-order valence-electron chi connectivity index (χ3n) is 6.84. The van der Waals surface area contributed by atoms with Gasteiger partial charge in [-0.25, -0.2) is 4.98 Å². The van der Waals surface area contributed by atoms with Crippen LogP contribution in [0.2, 0.25) is 0 Å². The van der Waals surface area contributed by atoms with Crippen molar-refractivity contribution in [1.82, 2.24) is 25.1 Å². The van der Waals surface area contributed by atoms with Gasteiger partial charge in [-0.15, -0.1) is 0 Å². The van der Waals surface area contributed by atoms with E-state index in [1.165, 1.54) is 11.1 Å². The van der Waals surface area contributed by atoms with Gasteiger partial charge < -0.3 is 10.3 Å². The maximum atomic E-state index is 4.66. The zero-order valence-electron chi connectivity index (χ0n) is 23.0. The summed E-state index contributed by atoms with van der Waals surface area (Å²) in [6.07, 6.45) is 6.30. The molecule has 41 heavy (non-hydrogen) atoms. The molecule has 0 spiro atoms. The molecule has 0 radical (unpaired) electrons. The van der Waals surface area contributed by atoms with Crippen LogP contribution in [0.5, 0.6) is 0 Å². The number of fused-ring (bicyclic) bond motifs is 2. The highest BCUT2D eigenvalue weighted by molar-refractivity contribution is 7.08. The Morgan fingerprint density at radius 2 is 1.78 bits per heavy atom. The van der Waals surface area contributed by atoms with E-state index in [0.717, 1.165) is 67.8 Å². The van der Waals surface area contributed by atoms with Gasteiger partial charge in [0, 0.05) is 40.8 Å². The van der Waals surface area contributed by atoms with Crippen molar-refractivity contribution in [2.45, 2.75) is 20.3 Å². The molecular formula is C34H30N6S. The topological polar surface area (TPSA) is 82.3 Å². The average Bonchev–Trinajstić information content (AvgIpc) is 3.78. The first kappa shape index (κ1) is 26.2. The fourth-order valence-electron chi connectivity index (χ4n) is 4.98. The van der Waals surface area contributed by atoms with Crippen LogP contribution in [-0.4, -0.2) is 25.1 Å². The Hall–Kier alpha value is -5.01. The summed E-state index contributed by atoms with van der Waals surface area (Å²) in [5, 5.41) is 17.6. The number of thiophene rings is 1. The van der Waals surface area contributed by atoms with E-state index < -0.39 is 0 Å². The van der Waals surface area contributed by atoms with Crippen molar-refractivity contribution in [3.8, 4) is 33.6 Å². The van der Waals surface area contributed by atoms with Crippen molar-refractivity contribution < 1.29 is 0 Å². The second-order valence-corrected chi connectivity index (χ2v) is 10.3. The minimum atomic E-state index is 0.753. The first-order valence-electron chi connectivity index (χ1n) is 13.6. The maximum absolute atomic E-state index is 4.66. The Kier molecular flexibility index (Phi) is 7.43. The van der Waals surface area contributed by atoms with E-state index >= 15 is 0 Å². The molecule has 5 heterocycles. The van der Waals surface area contributed by atoms with E-state index in [1.807, 2.05) is 50.6 Å². The molecule has 0 bridgehead atoms. The molecule has 7 heteroatoms. The van der Waals surface area contributed by atoms with Gasteiger partial charge in [-0.2, -0.15) is 16.4 Å². The zero-order chi connectivity index (χ0) is 28.2. The van der Waals surface area contributed by atoms with Gasteiger partial charge >= 0.3 is 0 Å². The van der Waals surface area contributed by atoms with Gasteiger partial charge in [0.15, 0.2) is 0 Å². The van der Waals surface area contributed by atoms with Gasteiger partial charge in [0.05, 0.1) is 23.1 Å². The Morgan fingerprint density at radius 1 is 0.902 bits per heavy atom. The largest absolute Gasteiger partial charge is 0.358 e. The Morgan fingerprint density at radius 3 is 2.61 bits per heavy atom. The molecule has 2 aromatic carbocycles. The van der Waals surface area contributed by atoms with Crippen LogP contribution in [0.1, 0.15) is 19.4 Å².